The van der Waals surface area contributed by atoms with Gasteiger partial charge in [-0.25, -0.2) is 13.4 Å². The summed E-state index contributed by atoms with van der Waals surface area (Å²) in [5, 5.41) is 0.730. The molecule has 0 atom stereocenters. The van der Waals surface area contributed by atoms with Crippen LogP contribution >= 0.6 is 22.9 Å². The molecule has 1 aliphatic rings. The van der Waals surface area contributed by atoms with Crippen molar-refractivity contribution in [3.63, 3.8) is 0 Å². The monoisotopic (exact) mass is 358 g/mol. The second-order valence-electron chi connectivity index (χ2n) is 5.00. The topological polar surface area (TPSA) is 68.3 Å². The number of ether oxygens (including phenoxy) is 1. The van der Waals surface area contributed by atoms with E-state index in [4.69, 9.17) is 16.3 Å². The Kier molecular flexibility index (Phi) is 4.29. The quantitative estimate of drug-likeness (QED) is 0.908. The molecule has 0 amide bonds. The zero-order chi connectivity index (χ0) is 15.7. The molecule has 5 nitrogen and oxygen atoms in total. The summed E-state index contributed by atoms with van der Waals surface area (Å²) >= 11 is 7.30. The lowest BCUT2D eigenvalue weighted by molar-refractivity contribution is 0.403. The van der Waals surface area contributed by atoms with E-state index in [1.807, 2.05) is 0 Å². The van der Waals surface area contributed by atoms with E-state index in [0.717, 1.165) is 31.4 Å². The molecule has 0 aliphatic heterocycles. The molecule has 22 heavy (non-hydrogen) atoms. The molecule has 0 spiro atoms. The number of rotatable bonds is 4. The van der Waals surface area contributed by atoms with Crippen molar-refractivity contribution in [2.75, 3.05) is 11.8 Å². The van der Waals surface area contributed by atoms with Gasteiger partial charge in [-0.05, 0) is 43.9 Å². The van der Waals surface area contributed by atoms with Gasteiger partial charge >= 0.3 is 0 Å². The molecule has 1 aromatic carbocycles. The van der Waals surface area contributed by atoms with Crippen molar-refractivity contribution in [3.8, 4) is 5.75 Å². The summed E-state index contributed by atoms with van der Waals surface area (Å²) in [6.45, 7) is 0. The number of thiazole rings is 1. The Morgan fingerprint density at radius 3 is 2.82 bits per heavy atom. The number of aryl methyl sites for hydroxylation is 2. The fourth-order valence-electron chi connectivity index (χ4n) is 2.43. The van der Waals surface area contributed by atoms with Crippen molar-refractivity contribution in [3.05, 3.63) is 33.8 Å². The number of hydrogen-bond acceptors (Lipinski definition) is 5. The number of methoxy groups -OCH3 is 1. The van der Waals surface area contributed by atoms with Gasteiger partial charge in [0.25, 0.3) is 10.0 Å². The normalized spacial score (nSPS) is 14.5. The zero-order valence-corrected chi connectivity index (χ0v) is 14.3. The smallest absolute Gasteiger partial charge is 0.267 e. The van der Waals surface area contributed by atoms with Gasteiger partial charge in [-0.2, -0.15) is 0 Å². The summed E-state index contributed by atoms with van der Waals surface area (Å²) in [7, 11) is -2.37. The van der Waals surface area contributed by atoms with E-state index in [-0.39, 0.29) is 10.6 Å². The van der Waals surface area contributed by atoms with Gasteiger partial charge in [0.05, 0.1) is 12.8 Å². The van der Waals surface area contributed by atoms with E-state index in [9.17, 15) is 8.42 Å². The second-order valence-corrected chi connectivity index (χ2v) is 8.17. The Morgan fingerprint density at radius 2 is 2.09 bits per heavy atom. The largest absolute Gasteiger partial charge is 0.495 e. The molecule has 2 aromatic rings. The summed E-state index contributed by atoms with van der Waals surface area (Å²) in [4.78, 5) is 5.57. The lowest BCUT2D eigenvalue weighted by atomic mass is 10.0. The van der Waals surface area contributed by atoms with Crippen molar-refractivity contribution < 1.29 is 13.2 Å². The number of hydrogen-bond donors (Lipinski definition) is 1. The minimum Gasteiger partial charge on any atom is -0.495 e. The molecule has 0 bridgehead atoms. The molecule has 0 radical (unpaired) electrons. The van der Waals surface area contributed by atoms with Gasteiger partial charge in [-0.3, -0.25) is 4.72 Å². The molecular weight excluding hydrogens is 344 g/mol. The molecule has 8 heteroatoms. The standard InChI is InChI=1S/C14H15ClN2O3S2/c1-20-11-7-6-9(15)8-13(11)22(18,19)17-14-16-10-4-2-3-5-12(10)21-14/h6-8H,2-5H2,1H3,(H,16,17). The van der Waals surface area contributed by atoms with Crippen molar-refractivity contribution >= 4 is 38.1 Å². The van der Waals surface area contributed by atoms with E-state index in [1.165, 1.54) is 35.5 Å². The first-order valence-electron chi connectivity index (χ1n) is 6.84. The number of aromatic nitrogens is 1. The van der Waals surface area contributed by atoms with Crippen molar-refractivity contribution in [1.29, 1.82) is 0 Å². The van der Waals surface area contributed by atoms with Gasteiger partial charge in [-0.1, -0.05) is 11.6 Å². The molecule has 0 saturated heterocycles. The maximum atomic E-state index is 12.6. The van der Waals surface area contributed by atoms with Crippen LogP contribution < -0.4 is 9.46 Å². The van der Waals surface area contributed by atoms with Crippen LogP contribution in [0.1, 0.15) is 23.4 Å². The van der Waals surface area contributed by atoms with Crippen molar-refractivity contribution in [2.45, 2.75) is 30.6 Å². The molecule has 1 aliphatic carbocycles. The van der Waals surface area contributed by atoms with Gasteiger partial charge in [0.1, 0.15) is 10.6 Å². The Balaban J connectivity index is 1.93. The van der Waals surface area contributed by atoms with Crippen LogP contribution in [0.15, 0.2) is 23.1 Å². The highest BCUT2D eigenvalue weighted by Gasteiger charge is 2.23. The molecule has 1 heterocycles. The summed E-state index contributed by atoms with van der Waals surface area (Å²) < 4.78 is 32.8. The molecule has 0 unspecified atom stereocenters. The second kappa shape index (κ2) is 6.06. The predicted molar refractivity (Wildman–Crippen MR) is 87.6 cm³/mol. The number of nitrogens with zero attached hydrogens (tertiary/aromatic N) is 1. The Bertz CT molecular complexity index is 779. The number of halogens is 1. The van der Waals surface area contributed by atoms with Crippen LogP contribution in [0, 0.1) is 0 Å². The molecule has 118 valence electrons. The first-order valence-corrected chi connectivity index (χ1v) is 9.52. The zero-order valence-electron chi connectivity index (χ0n) is 11.9. The third kappa shape index (κ3) is 3.06. The van der Waals surface area contributed by atoms with Crippen LogP contribution in [0.25, 0.3) is 0 Å². The summed E-state index contributed by atoms with van der Waals surface area (Å²) in [5.41, 5.74) is 1.01. The number of sulfonamides is 1. The van der Waals surface area contributed by atoms with E-state index >= 15 is 0 Å². The summed E-state index contributed by atoms with van der Waals surface area (Å²) in [5.74, 6) is 0.248. The van der Waals surface area contributed by atoms with Crippen LogP contribution in [0.4, 0.5) is 5.13 Å². The SMILES string of the molecule is COc1ccc(Cl)cc1S(=O)(=O)Nc1nc2c(s1)CCCC2. The van der Waals surface area contributed by atoms with E-state index < -0.39 is 10.0 Å². The number of nitrogens with one attached hydrogen (secondary N) is 1. The lowest BCUT2D eigenvalue weighted by Gasteiger charge is -2.10. The number of fused-ring (bicyclic) bond motifs is 1. The van der Waals surface area contributed by atoms with Crippen LogP contribution in [0.3, 0.4) is 0 Å². The minimum atomic E-state index is -3.79. The van der Waals surface area contributed by atoms with E-state index in [1.54, 1.807) is 6.07 Å². The maximum Gasteiger partial charge on any atom is 0.267 e. The maximum absolute atomic E-state index is 12.6. The minimum absolute atomic E-state index is 0.00988. The highest BCUT2D eigenvalue weighted by molar-refractivity contribution is 7.93. The van der Waals surface area contributed by atoms with Crippen LogP contribution in [-0.4, -0.2) is 20.5 Å². The van der Waals surface area contributed by atoms with Gasteiger partial charge in [0, 0.05) is 9.90 Å². The third-order valence-corrected chi connectivity index (χ3v) is 6.28. The van der Waals surface area contributed by atoms with Gasteiger partial charge < -0.3 is 4.74 Å². The first kappa shape index (κ1) is 15.6. The predicted octanol–water partition coefficient (Wildman–Crippen LogP) is 3.48. The Labute approximate surface area is 138 Å². The van der Waals surface area contributed by atoms with E-state index in [0.29, 0.717) is 10.2 Å². The summed E-state index contributed by atoms with van der Waals surface area (Å²) in [6.07, 6.45) is 4.11. The van der Waals surface area contributed by atoms with Crippen molar-refractivity contribution in [2.24, 2.45) is 0 Å². The van der Waals surface area contributed by atoms with E-state index in [2.05, 4.69) is 9.71 Å². The number of benzene rings is 1. The van der Waals surface area contributed by atoms with Gasteiger partial charge in [0.2, 0.25) is 0 Å². The van der Waals surface area contributed by atoms with Crippen LogP contribution in [0.2, 0.25) is 5.02 Å². The summed E-state index contributed by atoms with van der Waals surface area (Å²) in [6, 6.07) is 4.49. The molecule has 0 saturated carbocycles. The van der Waals surface area contributed by atoms with Crippen molar-refractivity contribution in [1.82, 2.24) is 4.98 Å². The third-order valence-electron chi connectivity index (χ3n) is 3.48. The first-order chi connectivity index (χ1) is 10.5. The Morgan fingerprint density at radius 1 is 1.32 bits per heavy atom. The fourth-order valence-corrected chi connectivity index (χ4v) is 5.14. The molecule has 1 N–H and O–H groups in total. The molecule has 1 aromatic heterocycles. The van der Waals surface area contributed by atoms with Gasteiger partial charge in [0.15, 0.2) is 5.13 Å². The van der Waals surface area contributed by atoms with Crippen LogP contribution in [0.5, 0.6) is 5.75 Å². The molecular formula is C14H15ClN2O3S2. The fraction of sp³-hybridized carbons (Fsp3) is 0.357. The molecule has 3 rings (SSSR count). The lowest BCUT2D eigenvalue weighted by Crippen LogP contribution is -2.14. The van der Waals surface area contributed by atoms with Crippen LogP contribution in [-0.2, 0) is 22.9 Å². The highest BCUT2D eigenvalue weighted by atomic mass is 35.5. The highest BCUT2D eigenvalue weighted by Crippen LogP contribution is 2.33. The van der Waals surface area contributed by atoms with Gasteiger partial charge in [-0.15, -0.1) is 11.3 Å². The number of anilines is 1. The average Bonchev–Trinajstić information content (AvgIpc) is 2.88. The average molecular weight is 359 g/mol. The molecule has 0 fully saturated rings. The Hall–Kier alpha value is -1.31.